The monoisotopic (exact) mass is 575 g/mol. The molecule has 208 valence electrons. The number of nitrogens with zero attached hydrogens (tertiary/aromatic N) is 4. The van der Waals surface area contributed by atoms with Crippen molar-refractivity contribution in [2.45, 2.75) is 44.1 Å². The molecule has 4 heterocycles. The normalized spacial score (nSPS) is 17.9. The van der Waals surface area contributed by atoms with Crippen molar-refractivity contribution in [3.63, 3.8) is 0 Å². The average Bonchev–Trinajstić information content (AvgIpc) is 3.60. The van der Waals surface area contributed by atoms with Gasteiger partial charge in [-0.25, -0.2) is 14.8 Å². The molecule has 3 aromatic rings. The Morgan fingerprint density at radius 1 is 1.05 bits per heavy atom. The lowest BCUT2D eigenvalue weighted by atomic mass is 9.94. The third-order valence-electron chi connectivity index (χ3n) is 7.21. The Balaban J connectivity index is 1.68. The van der Waals surface area contributed by atoms with Gasteiger partial charge in [0.2, 0.25) is 0 Å². The Morgan fingerprint density at radius 2 is 1.72 bits per heavy atom. The zero-order chi connectivity index (χ0) is 28.3. The van der Waals surface area contributed by atoms with Crippen molar-refractivity contribution in [3.05, 3.63) is 62.8 Å². The number of piperidine rings is 1. The molecule has 2 N–H and O–H groups in total. The third-order valence-corrected chi connectivity index (χ3v) is 7.42. The summed E-state index contributed by atoms with van der Waals surface area (Å²) in [5.41, 5.74) is -5.44. The minimum absolute atomic E-state index is 0.0526. The highest BCUT2D eigenvalue weighted by Crippen LogP contribution is 2.53. The summed E-state index contributed by atoms with van der Waals surface area (Å²) in [5, 5.41) is 11.0. The quantitative estimate of drug-likeness (QED) is 0.304. The molecule has 1 unspecified atom stereocenters. The highest BCUT2D eigenvalue weighted by atomic mass is 35.5. The lowest BCUT2D eigenvalue weighted by Gasteiger charge is -2.33. The zero-order valence-electron chi connectivity index (χ0n) is 19.9. The second kappa shape index (κ2) is 9.28. The predicted octanol–water partition coefficient (Wildman–Crippen LogP) is 5.56. The molecule has 1 aliphatic carbocycles. The van der Waals surface area contributed by atoms with Crippen molar-refractivity contribution < 1.29 is 36.2 Å². The number of hydrogen-bond donors (Lipinski definition) is 2. The minimum Gasteiger partial charge on any atom is -0.476 e. The number of carbonyl (C=O) groups is 1. The number of pyridine rings is 2. The number of halogens is 7. The molecule has 0 radical (unpaired) electrons. The van der Waals surface area contributed by atoms with Crippen LogP contribution in [0.5, 0.6) is 0 Å². The number of alkyl halides is 6. The highest BCUT2D eigenvalue weighted by molar-refractivity contribution is 6.29. The van der Waals surface area contributed by atoms with Gasteiger partial charge in [-0.15, -0.1) is 0 Å². The van der Waals surface area contributed by atoms with E-state index in [1.807, 2.05) is 5.32 Å². The predicted molar refractivity (Wildman–Crippen MR) is 128 cm³/mol. The molecule has 3 aromatic heterocycles. The Labute approximate surface area is 221 Å². The minimum atomic E-state index is -5.25. The molecule has 5 rings (SSSR count). The maximum atomic E-state index is 14.4. The smallest absolute Gasteiger partial charge is 0.417 e. The van der Waals surface area contributed by atoms with Crippen molar-refractivity contribution in [2.24, 2.45) is 5.41 Å². The molecule has 0 aromatic carbocycles. The van der Waals surface area contributed by atoms with E-state index in [1.165, 1.54) is 0 Å². The van der Waals surface area contributed by atoms with Crippen LogP contribution in [0.1, 0.15) is 53.3 Å². The number of anilines is 2. The SMILES string of the molecule is O=C(O)c1nc(Cl)ccc1NC(c1cc(C(F)(F)F)cn2c(=O)cc(N3CCC4(CC3)CC4)nc12)C(F)(F)F. The first-order valence-corrected chi connectivity index (χ1v) is 12.2. The van der Waals surface area contributed by atoms with E-state index in [-0.39, 0.29) is 22.5 Å². The number of hydrogen-bond acceptors (Lipinski definition) is 6. The van der Waals surface area contributed by atoms with Crippen molar-refractivity contribution in [3.8, 4) is 0 Å². The second-order valence-corrected chi connectivity index (χ2v) is 10.2. The molecule has 1 aliphatic heterocycles. The summed E-state index contributed by atoms with van der Waals surface area (Å²) in [6.07, 6.45) is -6.18. The Kier molecular flexibility index (Phi) is 6.43. The standard InChI is InChI=1S/C24H20ClF6N5O3/c25-15-2-1-14(18(33-15)21(38)39)32-19(24(29,30)31)13-9-12(23(26,27)28)11-36-17(37)10-16(34-20(13)36)35-7-5-22(3-4-22)6-8-35/h1-2,9-11,19,32H,3-8H2,(H,38,39). The first-order chi connectivity index (χ1) is 18.2. The lowest BCUT2D eigenvalue weighted by molar-refractivity contribution is -0.145. The molecule has 1 spiro atoms. The summed E-state index contributed by atoms with van der Waals surface area (Å²) in [4.78, 5) is 34.0. The summed E-state index contributed by atoms with van der Waals surface area (Å²) in [7, 11) is 0. The molecule has 0 amide bonds. The van der Waals surface area contributed by atoms with Crippen molar-refractivity contribution in [1.82, 2.24) is 14.4 Å². The molecule has 2 fully saturated rings. The van der Waals surface area contributed by atoms with Gasteiger partial charge in [0.25, 0.3) is 5.56 Å². The molecule has 39 heavy (non-hydrogen) atoms. The van der Waals surface area contributed by atoms with E-state index in [9.17, 15) is 41.0 Å². The van der Waals surface area contributed by atoms with Gasteiger partial charge < -0.3 is 15.3 Å². The fourth-order valence-corrected chi connectivity index (χ4v) is 4.99. The first kappa shape index (κ1) is 27.0. The van der Waals surface area contributed by atoms with Crippen LogP contribution in [0.25, 0.3) is 5.65 Å². The number of aromatic nitrogens is 3. The van der Waals surface area contributed by atoms with Gasteiger partial charge in [-0.1, -0.05) is 11.6 Å². The van der Waals surface area contributed by atoms with E-state index >= 15 is 0 Å². The van der Waals surface area contributed by atoms with E-state index in [4.69, 9.17) is 11.6 Å². The number of aromatic carboxylic acids is 1. The Morgan fingerprint density at radius 3 is 2.28 bits per heavy atom. The number of rotatable bonds is 5. The molecular weight excluding hydrogens is 556 g/mol. The van der Waals surface area contributed by atoms with Crippen molar-refractivity contribution in [2.75, 3.05) is 23.3 Å². The molecule has 8 nitrogen and oxygen atoms in total. The maximum absolute atomic E-state index is 14.4. The Bertz CT molecular complexity index is 1510. The molecule has 1 atom stereocenters. The molecule has 1 saturated carbocycles. The fraction of sp³-hybridized carbons (Fsp3) is 0.417. The van der Waals surface area contributed by atoms with E-state index < -0.39 is 58.1 Å². The first-order valence-electron chi connectivity index (χ1n) is 11.8. The van der Waals surface area contributed by atoms with Crippen LogP contribution in [0.4, 0.5) is 37.8 Å². The topological polar surface area (TPSA) is 99.8 Å². The fourth-order valence-electron chi connectivity index (χ4n) is 4.84. The van der Waals surface area contributed by atoms with E-state index in [2.05, 4.69) is 9.97 Å². The Hall–Kier alpha value is -3.55. The summed E-state index contributed by atoms with van der Waals surface area (Å²) in [5.74, 6) is -1.66. The van der Waals surface area contributed by atoms with Crippen LogP contribution in [0.15, 0.2) is 35.3 Å². The average molecular weight is 576 g/mol. The van der Waals surface area contributed by atoms with Gasteiger partial charge in [-0.05, 0) is 49.3 Å². The van der Waals surface area contributed by atoms with Gasteiger partial charge in [-0.2, -0.15) is 26.3 Å². The van der Waals surface area contributed by atoms with Gasteiger partial charge >= 0.3 is 18.3 Å². The third kappa shape index (κ3) is 5.34. The van der Waals surface area contributed by atoms with Crippen LogP contribution in [0.2, 0.25) is 5.15 Å². The van der Waals surface area contributed by atoms with Crippen molar-refractivity contribution in [1.29, 1.82) is 0 Å². The molecule has 15 heteroatoms. The van der Waals surface area contributed by atoms with Crippen molar-refractivity contribution >= 4 is 34.7 Å². The van der Waals surface area contributed by atoms with E-state index in [1.54, 1.807) is 4.90 Å². The van der Waals surface area contributed by atoms with Crippen LogP contribution in [0, 0.1) is 5.41 Å². The largest absolute Gasteiger partial charge is 0.476 e. The number of carboxylic acid groups (broad SMARTS) is 1. The molecule has 1 saturated heterocycles. The van der Waals surface area contributed by atoms with Crippen LogP contribution in [-0.4, -0.2) is 44.7 Å². The second-order valence-electron chi connectivity index (χ2n) is 9.77. The summed E-state index contributed by atoms with van der Waals surface area (Å²) in [6.45, 7) is 0.996. The lowest BCUT2D eigenvalue weighted by Crippen LogP contribution is -2.36. The van der Waals surface area contributed by atoms with Gasteiger partial charge in [0.05, 0.1) is 11.3 Å². The van der Waals surface area contributed by atoms with E-state index in [0.717, 1.165) is 43.9 Å². The molecule has 0 bridgehead atoms. The van der Waals surface area contributed by atoms with Gasteiger partial charge in [0, 0.05) is 30.9 Å². The van der Waals surface area contributed by atoms with Gasteiger partial charge in [0.1, 0.15) is 16.6 Å². The van der Waals surface area contributed by atoms with E-state index in [0.29, 0.717) is 23.7 Å². The maximum Gasteiger partial charge on any atom is 0.417 e. The number of fused-ring (bicyclic) bond motifs is 1. The summed E-state index contributed by atoms with van der Waals surface area (Å²) < 4.78 is 84.9. The van der Waals surface area contributed by atoms with Crippen LogP contribution in [0.3, 0.4) is 0 Å². The van der Waals surface area contributed by atoms with Crippen LogP contribution < -0.4 is 15.8 Å². The molecular formula is C24H20ClF6N5O3. The van der Waals surface area contributed by atoms with Crippen LogP contribution >= 0.6 is 11.6 Å². The highest BCUT2D eigenvalue weighted by Gasteiger charge is 2.46. The number of carboxylic acids is 1. The van der Waals surface area contributed by atoms with Crippen LogP contribution in [-0.2, 0) is 6.18 Å². The number of nitrogens with one attached hydrogen (secondary N) is 1. The summed E-state index contributed by atoms with van der Waals surface area (Å²) >= 11 is 5.68. The van der Waals surface area contributed by atoms with Gasteiger partial charge in [0.15, 0.2) is 11.7 Å². The molecule has 2 aliphatic rings. The zero-order valence-corrected chi connectivity index (χ0v) is 20.7. The van der Waals surface area contributed by atoms with Gasteiger partial charge in [-0.3, -0.25) is 9.20 Å². The summed E-state index contributed by atoms with van der Waals surface area (Å²) in [6, 6.07) is 0.311.